The van der Waals surface area contributed by atoms with Gasteiger partial charge in [0.2, 0.25) is 0 Å². The standard InChI is InChI=1S/C18H16N2O10S3/c1-9-7-10(2)14(31(22,23)24)8-13(9)19-20-15-16(21)11-5-3-4-6-12(11)17(32(25,26)27)18(15)33(28,29)30/h3-8,21H,1-2H3,(H,22,23,24)(H,25,26,27)(H,28,29,30). The van der Waals surface area contributed by atoms with Crippen molar-refractivity contribution in [1.29, 1.82) is 0 Å². The number of azo groups is 1. The van der Waals surface area contributed by atoms with Crippen LogP contribution in [0.15, 0.2) is 61.3 Å². The molecular formula is C18H16N2O10S3. The van der Waals surface area contributed by atoms with Gasteiger partial charge in [-0.05, 0) is 31.0 Å². The molecule has 12 nitrogen and oxygen atoms in total. The predicted octanol–water partition coefficient (Wildman–Crippen LogP) is 3.32. The molecule has 33 heavy (non-hydrogen) atoms. The molecule has 0 bridgehead atoms. The van der Waals surface area contributed by atoms with E-state index in [2.05, 4.69) is 10.2 Å². The van der Waals surface area contributed by atoms with Gasteiger partial charge >= 0.3 is 0 Å². The van der Waals surface area contributed by atoms with Crippen LogP contribution < -0.4 is 0 Å². The lowest BCUT2D eigenvalue weighted by molar-refractivity contribution is 0.461. The molecule has 0 saturated carbocycles. The van der Waals surface area contributed by atoms with Crippen molar-refractivity contribution < 1.29 is 44.0 Å². The van der Waals surface area contributed by atoms with E-state index in [1.807, 2.05) is 0 Å². The molecule has 0 amide bonds. The van der Waals surface area contributed by atoms with Crippen molar-refractivity contribution in [2.45, 2.75) is 28.5 Å². The van der Waals surface area contributed by atoms with Gasteiger partial charge < -0.3 is 5.11 Å². The summed E-state index contributed by atoms with van der Waals surface area (Å²) in [6.07, 6.45) is 0. The Morgan fingerprint density at radius 3 is 1.76 bits per heavy atom. The van der Waals surface area contributed by atoms with E-state index in [0.717, 1.165) is 12.1 Å². The number of phenols is 1. The van der Waals surface area contributed by atoms with Crippen LogP contribution in [0.2, 0.25) is 0 Å². The molecule has 0 fully saturated rings. The maximum Gasteiger partial charge on any atom is 0.298 e. The third-order valence-electron chi connectivity index (χ3n) is 4.62. The second-order valence-electron chi connectivity index (χ2n) is 6.93. The molecular weight excluding hydrogens is 500 g/mol. The third kappa shape index (κ3) is 4.73. The third-order valence-corrected chi connectivity index (χ3v) is 7.60. The van der Waals surface area contributed by atoms with Gasteiger partial charge in [0.1, 0.15) is 9.79 Å². The number of aryl methyl sites for hydroxylation is 2. The molecule has 0 aromatic heterocycles. The van der Waals surface area contributed by atoms with Gasteiger partial charge in [0, 0.05) is 10.8 Å². The Hall–Kier alpha value is -2.95. The molecule has 3 aromatic rings. The molecule has 15 heteroatoms. The lowest BCUT2D eigenvalue weighted by Gasteiger charge is -2.13. The average molecular weight is 517 g/mol. The summed E-state index contributed by atoms with van der Waals surface area (Å²) >= 11 is 0. The molecule has 176 valence electrons. The summed E-state index contributed by atoms with van der Waals surface area (Å²) in [6, 6.07) is 7.25. The summed E-state index contributed by atoms with van der Waals surface area (Å²) in [5.74, 6) is -0.880. The number of aromatic hydroxyl groups is 1. The summed E-state index contributed by atoms with van der Waals surface area (Å²) in [6.45, 7) is 2.89. The van der Waals surface area contributed by atoms with Crippen molar-refractivity contribution >= 4 is 52.5 Å². The number of phenolic OH excluding ortho intramolecular Hbond substituents is 1. The van der Waals surface area contributed by atoms with Gasteiger partial charge in [-0.25, -0.2) is 0 Å². The lowest BCUT2D eigenvalue weighted by Crippen LogP contribution is -2.10. The van der Waals surface area contributed by atoms with Crippen LogP contribution in [0.4, 0.5) is 11.4 Å². The molecule has 0 radical (unpaired) electrons. The molecule has 0 aliphatic rings. The molecule has 3 rings (SSSR count). The number of rotatable bonds is 5. The summed E-state index contributed by atoms with van der Waals surface area (Å²) in [5, 5.41) is 17.2. The Morgan fingerprint density at radius 1 is 0.697 bits per heavy atom. The van der Waals surface area contributed by atoms with Gasteiger partial charge in [0.05, 0.1) is 10.6 Å². The zero-order chi connectivity index (χ0) is 24.9. The first-order valence-corrected chi connectivity index (χ1v) is 13.1. The minimum Gasteiger partial charge on any atom is -0.505 e. The second kappa shape index (κ2) is 8.12. The van der Waals surface area contributed by atoms with Gasteiger partial charge in [-0.15, -0.1) is 5.11 Å². The van der Waals surface area contributed by atoms with Crippen LogP contribution in [-0.4, -0.2) is 44.0 Å². The number of hydrogen-bond donors (Lipinski definition) is 4. The van der Waals surface area contributed by atoms with Crippen molar-refractivity contribution in [3.05, 3.63) is 47.5 Å². The first kappa shape index (κ1) is 24.7. The smallest absolute Gasteiger partial charge is 0.298 e. The van der Waals surface area contributed by atoms with E-state index >= 15 is 0 Å². The van der Waals surface area contributed by atoms with Crippen LogP contribution >= 0.6 is 0 Å². The Morgan fingerprint density at radius 2 is 1.24 bits per heavy atom. The fourth-order valence-electron chi connectivity index (χ4n) is 3.25. The Kier molecular flexibility index (Phi) is 6.08. The maximum atomic E-state index is 12.1. The SMILES string of the molecule is Cc1cc(C)c(S(=O)(=O)O)cc1N=Nc1c(S(=O)(=O)O)c(S(=O)(=O)O)c2ccccc2c1O. The summed E-state index contributed by atoms with van der Waals surface area (Å²) in [7, 11) is -15.3. The minimum absolute atomic E-state index is 0.176. The molecule has 3 aromatic carbocycles. The van der Waals surface area contributed by atoms with Gasteiger partial charge in [-0.2, -0.15) is 30.4 Å². The van der Waals surface area contributed by atoms with Gasteiger partial charge in [0.25, 0.3) is 30.4 Å². The normalized spacial score (nSPS) is 13.1. The van der Waals surface area contributed by atoms with E-state index in [1.54, 1.807) is 0 Å². The van der Waals surface area contributed by atoms with E-state index in [-0.39, 0.29) is 16.6 Å². The Labute approximate surface area is 188 Å². The molecule has 0 unspecified atom stereocenters. The van der Waals surface area contributed by atoms with Crippen LogP contribution in [-0.2, 0) is 30.4 Å². The quantitative estimate of drug-likeness (QED) is 0.287. The molecule has 0 saturated heterocycles. The zero-order valence-electron chi connectivity index (χ0n) is 16.8. The van der Waals surface area contributed by atoms with Crippen LogP contribution in [0.25, 0.3) is 10.8 Å². The number of benzene rings is 3. The van der Waals surface area contributed by atoms with Crippen LogP contribution in [0, 0.1) is 13.8 Å². The largest absolute Gasteiger partial charge is 0.505 e. The van der Waals surface area contributed by atoms with E-state index in [1.165, 1.54) is 38.1 Å². The van der Waals surface area contributed by atoms with Crippen molar-refractivity contribution in [1.82, 2.24) is 0 Å². The molecule has 4 N–H and O–H groups in total. The zero-order valence-corrected chi connectivity index (χ0v) is 19.3. The van der Waals surface area contributed by atoms with Gasteiger partial charge in [-0.1, -0.05) is 30.3 Å². The summed E-state index contributed by atoms with van der Waals surface area (Å²) in [5.41, 5.74) is -0.699. The fraction of sp³-hybridized carbons (Fsp3) is 0.111. The monoisotopic (exact) mass is 516 g/mol. The van der Waals surface area contributed by atoms with E-state index < -0.39 is 61.9 Å². The first-order valence-electron chi connectivity index (χ1n) is 8.76. The Bertz CT molecular complexity index is 1660. The highest BCUT2D eigenvalue weighted by molar-refractivity contribution is 7.89. The van der Waals surface area contributed by atoms with E-state index in [4.69, 9.17) is 0 Å². The highest BCUT2D eigenvalue weighted by atomic mass is 32.2. The van der Waals surface area contributed by atoms with Crippen LogP contribution in [0.1, 0.15) is 11.1 Å². The number of hydrogen-bond acceptors (Lipinski definition) is 9. The average Bonchev–Trinajstić information content (AvgIpc) is 2.65. The molecule has 0 spiro atoms. The molecule has 0 aliphatic carbocycles. The van der Waals surface area contributed by atoms with Crippen molar-refractivity contribution in [3.63, 3.8) is 0 Å². The highest BCUT2D eigenvalue weighted by Crippen LogP contribution is 2.46. The fourth-order valence-corrected chi connectivity index (χ4v) is 6.12. The lowest BCUT2D eigenvalue weighted by atomic mass is 10.1. The van der Waals surface area contributed by atoms with Crippen molar-refractivity contribution in [2.75, 3.05) is 0 Å². The van der Waals surface area contributed by atoms with E-state index in [9.17, 15) is 44.0 Å². The summed E-state index contributed by atoms with van der Waals surface area (Å²) in [4.78, 5) is -3.17. The number of nitrogens with zero attached hydrogens (tertiary/aromatic N) is 2. The van der Waals surface area contributed by atoms with E-state index in [0.29, 0.717) is 5.56 Å². The van der Waals surface area contributed by atoms with Gasteiger partial charge in [0.15, 0.2) is 11.4 Å². The first-order chi connectivity index (χ1) is 15.0. The Balaban J connectivity index is 2.45. The maximum absolute atomic E-state index is 12.1. The molecule has 0 aliphatic heterocycles. The van der Waals surface area contributed by atoms with Crippen LogP contribution in [0.5, 0.6) is 5.75 Å². The molecule has 0 atom stereocenters. The summed E-state index contributed by atoms with van der Waals surface area (Å²) < 4.78 is 100. The predicted molar refractivity (Wildman–Crippen MR) is 115 cm³/mol. The van der Waals surface area contributed by atoms with Crippen molar-refractivity contribution in [2.24, 2.45) is 10.2 Å². The van der Waals surface area contributed by atoms with Crippen LogP contribution in [0.3, 0.4) is 0 Å². The number of fused-ring (bicyclic) bond motifs is 1. The van der Waals surface area contributed by atoms with Gasteiger partial charge in [-0.3, -0.25) is 13.7 Å². The minimum atomic E-state index is -5.40. The van der Waals surface area contributed by atoms with Crippen molar-refractivity contribution in [3.8, 4) is 5.75 Å². The highest BCUT2D eigenvalue weighted by Gasteiger charge is 2.33. The topological polar surface area (TPSA) is 208 Å². The second-order valence-corrected chi connectivity index (χ2v) is 11.0. The molecule has 0 heterocycles.